The van der Waals surface area contributed by atoms with Crippen LogP contribution in [-0.2, 0) is 15.9 Å². The molecule has 0 amide bonds. The van der Waals surface area contributed by atoms with Crippen LogP contribution in [0.15, 0.2) is 22.7 Å². The zero-order valence-electron chi connectivity index (χ0n) is 9.79. The van der Waals surface area contributed by atoms with Crippen molar-refractivity contribution in [2.24, 2.45) is 5.73 Å². The lowest BCUT2D eigenvalue weighted by atomic mass is 10.1. The molecule has 1 rings (SSSR count). The molecule has 96 valence electrons. The fraction of sp³-hybridized carbons (Fsp3) is 0.500. The smallest absolute Gasteiger partial charge is 0.124 e. The van der Waals surface area contributed by atoms with Crippen LogP contribution < -0.4 is 5.73 Å². The summed E-state index contributed by atoms with van der Waals surface area (Å²) in [5.74, 6) is -0.259. The highest BCUT2D eigenvalue weighted by molar-refractivity contribution is 9.10. The number of nitrogens with two attached hydrogens (primary N) is 1. The normalized spacial score (nSPS) is 12.7. The van der Waals surface area contributed by atoms with Gasteiger partial charge in [0.2, 0.25) is 0 Å². The number of rotatable bonds is 7. The highest BCUT2D eigenvalue weighted by Gasteiger charge is 2.08. The first-order valence-electron chi connectivity index (χ1n) is 5.39. The van der Waals surface area contributed by atoms with E-state index < -0.39 is 0 Å². The number of hydrogen-bond donors (Lipinski definition) is 1. The largest absolute Gasteiger partial charge is 0.382 e. The third-order valence-corrected chi connectivity index (χ3v) is 3.00. The summed E-state index contributed by atoms with van der Waals surface area (Å²) in [5, 5.41) is 0. The molecule has 0 saturated heterocycles. The van der Waals surface area contributed by atoms with Crippen LogP contribution in [0.5, 0.6) is 0 Å². The molecule has 0 aliphatic heterocycles. The van der Waals surface area contributed by atoms with Crippen LogP contribution in [0.2, 0.25) is 0 Å². The van der Waals surface area contributed by atoms with Gasteiger partial charge < -0.3 is 15.2 Å². The molecule has 0 spiro atoms. The van der Waals surface area contributed by atoms with Crippen LogP contribution in [0, 0.1) is 5.82 Å². The van der Waals surface area contributed by atoms with E-state index in [1.54, 1.807) is 13.2 Å². The van der Waals surface area contributed by atoms with Gasteiger partial charge in [0.25, 0.3) is 0 Å². The molecule has 1 atom stereocenters. The molecule has 1 aromatic rings. The van der Waals surface area contributed by atoms with Crippen molar-refractivity contribution in [3.63, 3.8) is 0 Å². The second kappa shape index (κ2) is 7.76. The molecule has 0 fully saturated rings. The van der Waals surface area contributed by atoms with Gasteiger partial charge in [0.15, 0.2) is 0 Å². The van der Waals surface area contributed by atoms with Gasteiger partial charge in [0.05, 0.1) is 19.8 Å². The van der Waals surface area contributed by atoms with Crippen molar-refractivity contribution in [3.8, 4) is 0 Å². The van der Waals surface area contributed by atoms with E-state index in [0.29, 0.717) is 26.2 Å². The van der Waals surface area contributed by atoms with Gasteiger partial charge in [0, 0.05) is 17.6 Å². The number of methoxy groups -OCH3 is 1. The molecule has 5 heteroatoms. The first kappa shape index (κ1) is 14.6. The van der Waals surface area contributed by atoms with Crippen LogP contribution in [0.4, 0.5) is 4.39 Å². The Hall–Kier alpha value is -0.490. The van der Waals surface area contributed by atoms with E-state index in [4.69, 9.17) is 15.2 Å². The Kier molecular flexibility index (Phi) is 6.65. The molecule has 0 radical (unpaired) electrons. The minimum Gasteiger partial charge on any atom is -0.382 e. The van der Waals surface area contributed by atoms with E-state index in [9.17, 15) is 4.39 Å². The lowest BCUT2D eigenvalue weighted by Crippen LogP contribution is -2.29. The van der Waals surface area contributed by atoms with Gasteiger partial charge >= 0.3 is 0 Å². The zero-order chi connectivity index (χ0) is 12.7. The molecule has 1 unspecified atom stereocenters. The second-order valence-corrected chi connectivity index (χ2v) is 4.62. The van der Waals surface area contributed by atoms with Crippen molar-refractivity contribution >= 4 is 15.9 Å². The Bertz CT molecular complexity index is 349. The predicted octanol–water partition coefficient (Wildman–Crippen LogP) is 2.12. The molecule has 2 N–H and O–H groups in total. The molecule has 0 saturated carbocycles. The topological polar surface area (TPSA) is 44.5 Å². The fourth-order valence-corrected chi connectivity index (χ4v) is 1.92. The summed E-state index contributed by atoms with van der Waals surface area (Å²) in [6.07, 6.45) is 0.647. The molecule has 0 heterocycles. The standard InChI is InChI=1S/C12H17BrFNO2/c1-16-4-5-17-8-11(15)6-9-2-3-10(14)7-12(9)13/h2-3,7,11H,4-6,8,15H2,1H3. The van der Waals surface area contributed by atoms with Gasteiger partial charge in [-0.15, -0.1) is 0 Å². The van der Waals surface area contributed by atoms with Gasteiger partial charge in [-0.05, 0) is 24.1 Å². The van der Waals surface area contributed by atoms with Crippen LogP contribution in [-0.4, -0.2) is 33.0 Å². The van der Waals surface area contributed by atoms with Gasteiger partial charge in [-0.3, -0.25) is 0 Å². The maximum Gasteiger partial charge on any atom is 0.124 e. The first-order chi connectivity index (χ1) is 8.13. The van der Waals surface area contributed by atoms with Crippen molar-refractivity contribution in [1.82, 2.24) is 0 Å². The van der Waals surface area contributed by atoms with E-state index in [-0.39, 0.29) is 11.9 Å². The summed E-state index contributed by atoms with van der Waals surface area (Å²) in [7, 11) is 1.62. The summed E-state index contributed by atoms with van der Waals surface area (Å²) in [4.78, 5) is 0. The van der Waals surface area contributed by atoms with Crippen LogP contribution in [0.3, 0.4) is 0 Å². The summed E-state index contributed by atoms with van der Waals surface area (Å²) >= 11 is 3.31. The SMILES string of the molecule is COCCOCC(N)Cc1ccc(F)cc1Br. The quantitative estimate of drug-likeness (QED) is 0.785. The fourth-order valence-electron chi connectivity index (χ4n) is 1.41. The van der Waals surface area contributed by atoms with E-state index in [1.807, 2.05) is 0 Å². The van der Waals surface area contributed by atoms with Crippen molar-refractivity contribution in [2.75, 3.05) is 26.9 Å². The second-order valence-electron chi connectivity index (χ2n) is 3.77. The molecular weight excluding hydrogens is 289 g/mol. The van der Waals surface area contributed by atoms with E-state index in [2.05, 4.69) is 15.9 Å². The Morgan fingerprint density at radius 3 is 2.82 bits per heavy atom. The van der Waals surface area contributed by atoms with Gasteiger partial charge in [-0.2, -0.15) is 0 Å². The zero-order valence-corrected chi connectivity index (χ0v) is 11.4. The summed E-state index contributed by atoms with van der Waals surface area (Å²) in [5.41, 5.74) is 6.90. The Labute approximate surface area is 109 Å². The van der Waals surface area contributed by atoms with Crippen LogP contribution >= 0.6 is 15.9 Å². The van der Waals surface area contributed by atoms with E-state index >= 15 is 0 Å². The predicted molar refractivity (Wildman–Crippen MR) is 68.5 cm³/mol. The number of halogens is 2. The third-order valence-electron chi connectivity index (χ3n) is 2.26. The summed E-state index contributed by atoms with van der Waals surface area (Å²) in [6.45, 7) is 1.56. The Morgan fingerprint density at radius 2 is 2.18 bits per heavy atom. The minimum atomic E-state index is -0.259. The third kappa shape index (κ3) is 5.59. The lowest BCUT2D eigenvalue weighted by molar-refractivity contribution is 0.0637. The summed E-state index contributed by atoms with van der Waals surface area (Å²) in [6, 6.07) is 4.49. The number of hydrogen-bond acceptors (Lipinski definition) is 3. The maximum absolute atomic E-state index is 12.9. The molecule has 1 aromatic carbocycles. The molecule has 0 bridgehead atoms. The average Bonchev–Trinajstić information content (AvgIpc) is 2.28. The molecular formula is C12H17BrFNO2. The van der Waals surface area contributed by atoms with Crippen molar-refractivity contribution in [1.29, 1.82) is 0 Å². The monoisotopic (exact) mass is 305 g/mol. The average molecular weight is 306 g/mol. The van der Waals surface area contributed by atoms with Crippen molar-refractivity contribution in [3.05, 3.63) is 34.1 Å². The molecule has 0 aromatic heterocycles. The van der Waals surface area contributed by atoms with Gasteiger partial charge in [-0.25, -0.2) is 4.39 Å². The molecule has 17 heavy (non-hydrogen) atoms. The maximum atomic E-state index is 12.9. The van der Waals surface area contributed by atoms with E-state index in [0.717, 1.165) is 10.0 Å². The Balaban J connectivity index is 2.37. The highest BCUT2D eigenvalue weighted by atomic mass is 79.9. The van der Waals surface area contributed by atoms with Gasteiger partial charge in [0.1, 0.15) is 5.82 Å². The molecule has 3 nitrogen and oxygen atoms in total. The van der Waals surface area contributed by atoms with E-state index in [1.165, 1.54) is 12.1 Å². The Morgan fingerprint density at radius 1 is 1.41 bits per heavy atom. The number of ether oxygens (including phenoxy) is 2. The van der Waals surface area contributed by atoms with Gasteiger partial charge in [-0.1, -0.05) is 22.0 Å². The lowest BCUT2D eigenvalue weighted by Gasteiger charge is -2.13. The first-order valence-corrected chi connectivity index (χ1v) is 6.19. The van der Waals surface area contributed by atoms with Crippen LogP contribution in [0.25, 0.3) is 0 Å². The molecule has 0 aliphatic carbocycles. The number of benzene rings is 1. The van der Waals surface area contributed by atoms with Crippen LogP contribution in [0.1, 0.15) is 5.56 Å². The summed E-state index contributed by atoms with van der Waals surface area (Å²) < 4.78 is 23.8. The molecule has 0 aliphatic rings. The minimum absolute atomic E-state index is 0.103. The van der Waals surface area contributed by atoms with Crippen molar-refractivity contribution in [2.45, 2.75) is 12.5 Å². The van der Waals surface area contributed by atoms with Crippen molar-refractivity contribution < 1.29 is 13.9 Å². The highest BCUT2D eigenvalue weighted by Crippen LogP contribution is 2.19.